The molecule has 0 spiro atoms. The average molecular weight is 458 g/mol. The zero-order chi connectivity index (χ0) is 23.4. The minimum absolute atomic E-state index is 0.0304. The minimum Gasteiger partial charge on any atom is -0.481 e. The molecule has 2 saturated carbocycles. The minimum atomic E-state index is -0.938. The molecule has 2 aliphatic carbocycles. The van der Waals surface area contributed by atoms with E-state index >= 15 is 4.39 Å². The van der Waals surface area contributed by atoms with Crippen LogP contribution in [0.4, 0.5) is 10.1 Å². The van der Waals surface area contributed by atoms with Gasteiger partial charge in [-0.05, 0) is 44.2 Å². The molecule has 0 bridgehead atoms. The molecule has 2 fully saturated rings. The number of anilines is 1. The summed E-state index contributed by atoms with van der Waals surface area (Å²) >= 11 is 0. The largest absolute Gasteiger partial charge is 0.481 e. The summed E-state index contributed by atoms with van der Waals surface area (Å²) < 4.78 is 17.0. The van der Waals surface area contributed by atoms with Gasteiger partial charge in [-0.15, -0.1) is 0 Å². The van der Waals surface area contributed by atoms with Crippen molar-refractivity contribution in [1.29, 1.82) is 0 Å². The molecule has 1 aromatic carbocycles. The first-order valence-electron chi connectivity index (χ1n) is 12.1. The molecule has 0 atom stereocenters. The van der Waals surface area contributed by atoms with E-state index in [1.54, 1.807) is 12.3 Å². The summed E-state index contributed by atoms with van der Waals surface area (Å²) in [5, 5.41) is 14.9. The Morgan fingerprint density at radius 3 is 2.45 bits per heavy atom. The van der Waals surface area contributed by atoms with Crippen LogP contribution in [0.1, 0.15) is 87.0 Å². The number of nitrogens with zero attached hydrogens (tertiary/aromatic N) is 1. The van der Waals surface area contributed by atoms with E-state index in [1.165, 1.54) is 12.5 Å². The number of hydrogen-bond donors (Lipinski definition) is 3. The van der Waals surface area contributed by atoms with Crippen LogP contribution in [0.2, 0.25) is 0 Å². The molecular weight excluding hydrogens is 425 g/mol. The summed E-state index contributed by atoms with van der Waals surface area (Å²) in [6.07, 6.45) is 11.3. The number of nitrogens with one attached hydrogen (secondary N) is 2. The van der Waals surface area contributed by atoms with Crippen LogP contribution in [0, 0.1) is 5.82 Å². The quantitative estimate of drug-likeness (QED) is 0.503. The Hall–Kier alpha value is -2.90. The number of fused-ring (bicyclic) bond motifs is 1. The monoisotopic (exact) mass is 457 g/mol. The Morgan fingerprint density at radius 1 is 1.06 bits per heavy atom. The fourth-order valence-corrected chi connectivity index (χ4v) is 5.13. The van der Waals surface area contributed by atoms with Gasteiger partial charge in [-0.1, -0.05) is 32.1 Å². The van der Waals surface area contributed by atoms with E-state index in [-0.39, 0.29) is 42.4 Å². The number of aromatic nitrogens is 1. The highest BCUT2D eigenvalue weighted by Crippen LogP contribution is 2.33. The van der Waals surface area contributed by atoms with Crippen LogP contribution in [0.3, 0.4) is 0 Å². The molecule has 3 N–H and O–H groups in total. The highest BCUT2D eigenvalue weighted by Gasteiger charge is 2.24. The van der Waals surface area contributed by atoms with Gasteiger partial charge in [0.15, 0.2) is 0 Å². The van der Waals surface area contributed by atoms with Crippen molar-refractivity contribution in [2.75, 3.05) is 11.9 Å². The second kappa shape index (κ2) is 10.4. The molecule has 4 rings (SSSR count). The maximum atomic E-state index is 15.1. The van der Waals surface area contributed by atoms with E-state index in [1.807, 2.05) is 4.57 Å². The molecule has 8 heteroatoms. The predicted molar refractivity (Wildman–Crippen MR) is 125 cm³/mol. The van der Waals surface area contributed by atoms with Crippen molar-refractivity contribution in [1.82, 2.24) is 9.88 Å². The summed E-state index contributed by atoms with van der Waals surface area (Å²) in [6, 6.07) is 3.37. The maximum absolute atomic E-state index is 15.1. The highest BCUT2D eigenvalue weighted by molar-refractivity contribution is 5.97. The normalized spacial score (nSPS) is 17.4. The van der Waals surface area contributed by atoms with E-state index in [4.69, 9.17) is 5.11 Å². The second-order valence-electron chi connectivity index (χ2n) is 9.30. The Morgan fingerprint density at radius 2 is 1.76 bits per heavy atom. The van der Waals surface area contributed by atoms with E-state index in [2.05, 4.69) is 10.6 Å². The summed E-state index contributed by atoms with van der Waals surface area (Å²) in [4.78, 5) is 36.6. The summed E-state index contributed by atoms with van der Waals surface area (Å²) in [5.41, 5.74) is 0.524. The zero-order valence-corrected chi connectivity index (χ0v) is 18.9. The number of aliphatic carboxylic acids is 1. The van der Waals surface area contributed by atoms with Gasteiger partial charge in [-0.25, -0.2) is 4.39 Å². The van der Waals surface area contributed by atoms with Crippen molar-refractivity contribution in [2.24, 2.45) is 0 Å². The molecule has 0 radical (unpaired) electrons. The summed E-state index contributed by atoms with van der Waals surface area (Å²) in [7, 11) is 0. The first-order valence-corrected chi connectivity index (χ1v) is 12.1. The lowest BCUT2D eigenvalue weighted by Gasteiger charge is -2.25. The van der Waals surface area contributed by atoms with Gasteiger partial charge in [0.25, 0.3) is 5.91 Å². The summed E-state index contributed by atoms with van der Waals surface area (Å²) in [5.74, 6) is -1.97. The van der Waals surface area contributed by atoms with Crippen molar-refractivity contribution in [3.8, 4) is 0 Å². The number of benzene rings is 1. The van der Waals surface area contributed by atoms with Gasteiger partial charge in [-0.2, -0.15) is 0 Å². The van der Waals surface area contributed by atoms with Crippen LogP contribution in [0.15, 0.2) is 23.1 Å². The van der Waals surface area contributed by atoms with E-state index in [0.717, 1.165) is 51.4 Å². The fraction of sp³-hybridized carbons (Fsp3) is 0.560. The van der Waals surface area contributed by atoms with Gasteiger partial charge in [-0.3, -0.25) is 14.4 Å². The number of rotatable bonds is 8. The molecule has 0 unspecified atom stereocenters. The van der Waals surface area contributed by atoms with Crippen molar-refractivity contribution < 1.29 is 19.1 Å². The maximum Gasteiger partial charge on any atom is 0.303 e. The number of carbonyl (C=O) groups is 2. The number of pyridine rings is 1. The fourth-order valence-electron chi connectivity index (χ4n) is 5.13. The van der Waals surface area contributed by atoms with Gasteiger partial charge in [0.05, 0.1) is 11.2 Å². The molecule has 1 aromatic heterocycles. The SMILES string of the molecule is O=C(O)CCCNC(=O)c1cn(C2CCCC2)c2cc(NC3CCCCC3)c(F)cc2c1=O. The van der Waals surface area contributed by atoms with Gasteiger partial charge in [0.2, 0.25) is 5.43 Å². The first-order chi connectivity index (χ1) is 15.9. The summed E-state index contributed by atoms with van der Waals surface area (Å²) in [6.45, 7) is 0.157. The molecule has 1 amide bonds. The number of carboxylic acid groups (broad SMARTS) is 1. The molecule has 2 aromatic rings. The molecule has 1 heterocycles. The molecular formula is C25H32FN3O4. The topological polar surface area (TPSA) is 100 Å². The Kier molecular flexibility index (Phi) is 7.30. The lowest BCUT2D eigenvalue weighted by molar-refractivity contribution is -0.137. The Bertz CT molecular complexity index is 1090. The van der Waals surface area contributed by atoms with E-state index < -0.39 is 23.1 Å². The first kappa shape index (κ1) is 23.3. The smallest absolute Gasteiger partial charge is 0.303 e. The van der Waals surface area contributed by atoms with Crippen LogP contribution in [-0.2, 0) is 4.79 Å². The van der Waals surface area contributed by atoms with Crippen LogP contribution in [-0.4, -0.2) is 34.1 Å². The molecule has 2 aliphatic rings. The van der Waals surface area contributed by atoms with Gasteiger partial charge in [0.1, 0.15) is 11.4 Å². The number of carboxylic acids is 1. The van der Waals surface area contributed by atoms with Gasteiger partial charge < -0.3 is 20.3 Å². The van der Waals surface area contributed by atoms with Crippen LogP contribution < -0.4 is 16.1 Å². The molecule has 7 nitrogen and oxygen atoms in total. The van der Waals surface area contributed by atoms with E-state index in [0.29, 0.717) is 11.2 Å². The van der Waals surface area contributed by atoms with Crippen molar-refractivity contribution >= 4 is 28.5 Å². The van der Waals surface area contributed by atoms with Crippen LogP contribution in [0.25, 0.3) is 10.9 Å². The third-order valence-corrected chi connectivity index (χ3v) is 6.90. The van der Waals surface area contributed by atoms with Crippen LogP contribution >= 0.6 is 0 Å². The third-order valence-electron chi connectivity index (χ3n) is 6.90. The van der Waals surface area contributed by atoms with Crippen molar-refractivity contribution in [3.05, 3.63) is 39.9 Å². The standard InChI is InChI=1S/C25H32FN3O4/c26-20-13-18-22(14-21(20)28-16-7-2-1-3-8-16)29(17-9-4-5-10-17)15-19(24(18)32)25(33)27-12-6-11-23(30)31/h13-17,28H,1-12H2,(H,27,33)(H,30,31). The third kappa shape index (κ3) is 5.37. The molecule has 0 saturated heterocycles. The molecule has 178 valence electrons. The lowest BCUT2D eigenvalue weighted by Crippen LogP contribution is -2.31. The Labute approximate surface area is 192 Å². The van der Waals surface area contributed by atoms with E-state index in [9.17, 15) is 14.4 Å². The Balaban J connectivity index is 1.69. The molecule has 33 heavy (non-hydrogen) atoms. The number of hydrogen-bond acceptors (Lipinski definition) is 4. The number of halogens is 1. The van der Waals surface area contributed by atoms with Crippen LogP contribution in [0.5, 0.6) is 0 Å². The molecule has 0 aliphatic heterocycles. The lowest BCUT2D eigenvalue weighted by atomic mass is 9.95. The zero-order valence-electron chi connectivity index (χ0n) is 18.9. The second-order valence-corrected chi connectivity index (χ2v) is 9.30. The van der Waals surface area contributed by atoms with Gasteiger partial charge in [0, 0.05) is 36.6 Å². The van der Waals surface area contributed by atoms with Crippen molar-refractivity contribution in [2.45, 2.75) is 82.7 Å². The highest BCUT2D eigenvalue weighted by atomic mass is 19.1. The average Bonchev–Trinajstić information content (AvgIpc) is 3.33. The number of carbonyl (C=O) groups excluding carboxylic acids is 1. The number of amides is 1. The van der Waals surface area contributed by atoms with Crippen molar-refractivity contribution in [3.63, 3.8) is 0 Å². The predicted octanol–water partition coefficient (Wildman–Crippen LogP) is 4.59. The van der Waals surface area contributed by atoms with Gasteiger partial charge >= 0.3 is 5.97 Å².